The molecule has 4 heteroatoms. The quantitative estimate of drug-likeness (QED) is 0.150. The van der Waals surface area contributed by atoms with Crippen molar-refractivity contribution < 1.29 is 0 Å². The number of benzene rings is 9. The normalized spacial score (nSPS) is 11.9. The van der Waals surface area contributed by atoms with Crippen LogP contribution in [0.4, 0.5) is 0 Å². The summed E-state index contributed by atoms with van der Waals surface area (Å²) in [5.74, 6) is 0. The Bertz CT molecular complexity index is 3240. The standard InChI is InChI=1S/C54H36N3P/c1-3-17-40(18-4-1)58(41-19-5-2-6-20-41)42-31-32-54-48(36-42)47-25-11-16-30-53(47)57(54)39-34-37(55-49-26-12-7-21-43(49)44-22-8-13-27-50(44)55)33-38(35-39)56-51-28-14-9-23-45(51)46-24-10-15-29-52(46)56/h1-36H. The fourth-order valence-electron chi connectivity index (χ4n) is 9.35. The minimum Gasteiger partial charge on any atom is -0.309 e. The van der Waals surface area contributed by atoms with E-state index in [1.165, 1.54) is 81.3 Å². The molecule has 0 aliphatic rings. The topological polar surface area (TPSA) is 14.8 Å². The lowest BCUT2D eigenvalue weighted by Gasteiger charge is -2.20. The van der Waals surface area contributed by atoms with E-state index in [1.54, 1.807) is 0 Å². The highest BCUT2D eigenvalue weighted by Crippen LogP contribution is 2.40. The first-order valence-corrected chi connectivity index (χ1v) is 21.2. The molecular formula is C54H36N3P. The van der Waals surface area contributed by atoms with Crippen LogP contribution in [0.25, 0.3) is 82.5 Å². The maximum atomic E-state index is 2.48. The monoisotopic (exact) mass is 757 g/mol. The molecule has 272 valence electrons. The molecule has 0 atom stereocenters. The van der Waals surface area contributed by atoms with Gasteiger partial charge >= 0.3 is 0 Å². The van der Waals surface area contributed by atoms with Crippen LogP contribution in [0.2, 0.25) is 0 Å². The van der Waals surface area contributed by atoms with Crippen molar-refractivity contribution in [2.45, 2.75) is 0 Å². The molecule has 3 nitrogen and oxygen atoms in total. The van der Waals surface area contributed by atoms with Crippen molar-refractivity contribution in [3.05, 3.63) is 218 Å². The first-order valence-electron chi connectivity index (χ1n) is 19.9. The molecule has 0 unspecified atom stereocenters. The van der Waals surface area contributed by atoms with Crippen LogP contribution in [0.5, 0.6) is 0 Å². The third-order valence-electron chi connectivity index (χ3n) is 11.8. The van der Waals surface area contributed by atoms with E-state index in [4.69, 9.17) is 0 Å². The largest absolute Gasteiger partial charge is 0.309 e. The molecule has 0 bridgehead atoms. The van der Waals surface area contributed by atoms with E-state index in [-0.39, 0.29) is 0 Å². The third-order valence-corrected chi connectivity index (χ3v) is 14.2. The van der Waals surface area contributed by atoms with Crippen LogP contribution in [0.15, 0.2) is 218 Å². The molecule has 12 aromatic rings. The van der Waals surface area contributed by atoms with Gasteiger partial charge in [0.25, 0.3) is 0 Å². The number of rotatable bonds is 6. The van der Waals surface area contributed by atoms with Crippen LogP contribution in [0.3, 0.4) is 0 Å². The van der Waals surface area contributed by atoms with Crippen LogP contribution in [0.1, 0.15) is 0 Å². The Morgan fingerprint density at radius 2 is 0.517 bits per heavy atom. The zero-order valence-corrected chi connectivity index (χ0v) is 32.5. The van der Waals surface area contributed by atoms with Crippen LogP contribution >= 0.6 is 7.92 Å². The molecule has 0 spiro atoms. The number of fused-ring (bicyclic) bond motifs is 9. The van der Waals surface area contributed by atoms with Crippen molar-refractivity contribution in [2.75, 3.05) is 0 Å². The first kappa shape index (κ1) is 33.0. The Kier molecular flexibility index (Phi) is 7.51. The number of para-hydroxylation sites is 5. The summed E-state index contributed by atoms with van der Waals surface area (Å²) in [4.78, 5) is 0. The highest BCUT2D eigenvalue weighted by molar-refractivity contribution is 7.79. The highest BCUT2D eigenvalue weighted by atomic mass is 31.1. The van der Waals surface area contributed by atoms with Gasteiger partial charge in [0.05, 0.1) is 50.2 Å². The van der Waals surface area contributed by atoms with Crippen molar-refractivity contribution >= 4 is 89.3 Å². The first-order chi connectivity index (χ1) is 28.8. The van der Waals surface area contributed by atoms with Crippen molar-refractivity contribution in [2.24, 2.45) is 0 Å². The molecule has 0 fully saturated rings. The fourth-order valence-corrected chi connectivity index (χ4v) is 11.7. The zero-order valence-electron chi connectivity index (χ0n) is 31.6. The third kappa shape index (κ3) is 5.04. The average molecular weight is 758 g/mol. The number of hydrogen-bond acceptors (Lipinski definition) is 0. The van der Waals surface area contributed by atoms with Gasteiger partial charge in [0.1, 0.15) is 0 Å². The van der Waals surface area contributed by atoms with Crippen LogP contribution < -0.4 is 15.9 Å². The molecule has 0 aliphatic carbocycles. The number of nitrogens with zero attached hydrogens (tertiary/aromatic N) is 3. The highest BCUT2D eigenvalue weighted by Gasteiger charge is 2.22. The zero-order chi connectivity index (χ0) is 38.2. The van der Waals surface area contributed by atoms with Gasteiger partial charge in [-0.05, 0) is 84.5 Å². The summed E-state index contributed by atoms with van der Waals surface area (Å²) < 4.78 is 7.38. The molecule has 3 heterocycles. The minimum atomic E-state index is -0.764. The Morgan fingerprint density at radius 1 is 0.224 bits per heavy atom. The van der Waals surface area contributed by atoms with Gasteiger partial charge in [-0.15, -0.1) is 0 Å². The Morgan fingerprint density at radius 3 is 0.879 bits per heavy atom. The van der Waals surface area contributed by atoms with Gasteiger partial charge in [-0.3, -0.25) is 0 Å². The summed E-state index contributed by atoms with van der Waals surface area (Å²) in [7, 11) is -0.764. The average Bonchev–Trinajstić information content (AvgIpc) is 3.93. The summed E-state index contributed by atoms with van der Waals surface area (Å²) in [6.45, 7) is 0. The van der Waals surface area contributed by atoms with Crippen molar-refractivity contribution in [1.82, 2.24) is 13.7 Å². The molecule has 58 heavy (non-hydrogen) atoms. The predicted octanol–water partition coefficient (Wildman–Crippen LogP) is 12.7. The summed E-state index contributed by atoms with van der Waals surface area (Å²) >= 11 is 0. The summed E-state index contributed by atoms with van der Waals surface area (Å²) in [5.41, 5.74) is 10.5. The second-order valence-electron chi connectivity index (χ2n) is 15.0. The number of aromatic nitrogens is 3. The van der Waals surface area contributed by atoms with E-state index < -0.39 is 7.92 Å². The Labute approximate surface area is 337 Å². The molecule has 0 saturated carbocycles. The number of hydrogen-bond donors (Lipinski definition) is 0. The Balaban J connectivity index is 1.17. The molecule has 12 rings (SSSR count). The molecule has 0 aliphatic heterocycles. The van der Waals surface area contributed by atoms with Gasteiger partial charge in [-0.1, -0.05) is 158 Å². The van der Waals surface area contributed by atoms with E-state index in [0.717, 1.165) is 17.1 Å². The lowest BCUT2D eigenvalue weighted by molar-refractivity contribution is 1.10. The minimum absolute atomic E-state index is 0.764. The van der Waals surface area contributed by atoms with Crippen LogP contribution in [-0.2, 0) is 0 Å². The van der Waals surface area contributed by atoms with Gasteiger partial charge in [0, 0.05) is 32.3 Å². The van der Waals surface area contributed by atoms with E-state index in [1.807, 2.05) is 0 Å². The molecule has 0 amide bonds. The van der Waals surface area contributed by atoms with E-state index in [2.05, 4.69) is 232 Å². The summed E-state index contributed by atoms with van der Waals surface area (Å²) in [6, 6.07) is 80.4. The van der Waals surface area contributed by atoms with E-state index in [9.17, 15) is 0 Å². The van der Waals surface area contributed by atoms with Crippen molar-refractivity contribution in [1.29, 1.82) is 0 Å². The maximum Gasteiger partial charge on any atom is 0.0541 e. The van der Waals surface area contributed by atoms with E-state index in [0.29, 0.717) is 0 Å². The molecule has 3 aromatic heterocycles. The van der Waals surface area contributed by atoms with Gasteiger partial charge < -0.3 is 13.7 Å². The van der Waals surface area contributed by atoms with Crippen LogP contribution in [-0.4, -0.2) is 13.7 Å². The van der Waals surface area contributed by atoms with Crippen molar-refractivity contribution in [3.8, 4) is 17.1 Å². The summed E-state index contributed by atoms with van der Waals surface area (Å²) in [6.07, 6.45) is 0. The molecule has 0 saturated heterocycles. The van der Waals surface area contributed by atoms with Gasteiger partial charge in [0.15, 0.2) is 0 Å². The van der Waals surface area contributed by atoms with Gasteiger partial charge in [0.2, 0.25) is 0 Å². The lowest BCUT2D eigenvalue weighted by Crippen LogP contribution is -2.20. The second-order valence-corrected chi connectivity index (χ2v) is 17.2. The van der Waals surface area contributed by atoms with Gasteiger partial charge in [-0.25, -0.2) is 0 Å². The predicted molar refractivity (Wildman–Crippen MR) is 248 cm³/mol. The molecule has 0 radical (unpaired) electrons. The van der Waals surface area contributed by atoms with E-state index >= 15 is 0 Å². The molecule has 9 aromatic carbocycles. The molecular weight excluding hydrogens is 722 g/mol. The fraction of sp³-hybridized carbons (Fsp3) is 0. The lowest BCUT2D eigenvalue weighted by atomic mass is 10.1. The summed E-state index contributed by atoms with van der Waals surface area (Å²) in [5, 5.41) is 11.5. The smallest absolute Gasteiger partial charge is 0.0541 e. The van der Waals surface area contributed by atoms with Crippen molar-refractivity contribution in [3.63, 3.8) is 0 Å². The Hall–Kier alpha value is -7.19. The van der Waals surface area contributed by atoms with Crippen LogP contribution in [0, 0.1) is 0 Å². The second kappa shape index (κ2) is 13.2. The maximum absolute atomic E-state index is 2.48. The molecule has 0 N–H and O–H groups in total. The SMILES string of the molecule is c1ccc(P(c2ccccc2)c2ccc3c(c2)c2ccccc2n3-c2cc(-n3c4ccccc4c4ccccc43)cc(-n3c4ccccc4c4ccccc43)c2)cc1. The van der Waals surface area contributed by atoms with Gasteiger partial charge in [-0.2, -0.15) is 0 Å².